The topological polar surface area (TPSA) is 38.3 Å². The lowest BCUT2D eigenvalue weighted by Crippen LogP contribution is -2.20. The molecule has 0 aromatic heterocycles. The average Bonchev–Trinajstić information content (AvgIpc) is 2.53. The summed E-state index contributed by atoms with van der Waals surface area (Å²) in [4.78, 5) is 11.8. The highest BCUT2D eigenvalue weighted by Gasteiger charge is 1.98. The Hall–Kier alpha value is -1.91. The highest BCUT2D eigenvalue weighted by Crippen LogP contribution is 2.12. The smallest absolute Gasteiger partial charge is 0.244 e. The summed E-state index contributed by atoms with van der Waals surface area (Å²) < 4.78 is 6.06. The third-order valence-electron chi connectivity index (χ3n) is 3.08. The SMILES string of the molecule is COCc1ccc(CNC(=O)/C=C/c2cccc(Br)c2)cc1. The molecule has 2 aromatic rings. The summed E-state index contributed by atoms with van der Waals surface area (Å²) in [6.07, 6.45) is 3.34. The van der Waals surface area contributed by atoms with Crippen molar-refractivity contribution in [3.05, 3.63) is 75.8 Å². The van der Waals surface area contributed by atoms with Crippen molar-refractivity contribution < 1.29 is 9.53 Å². The molecule has 0 bridgehead atoms. The second-order valence-corrected chi connectivity index (χ2v) is 5.77. The summed E-state index contributed by atoms with van der Waals surface area (Å²) in [7, 11) is 1.67. The molecule has 4 heteroatoms. The Labute approximate surface area is 139 Å². The number of benzene rings is 2. The van der Waals surface area contributed by atoms with Crippen molar-refractivity contribution >= 4 is 27.9 Å². The van der Waals surface area contributed by atoms with Crippen LogP contribution >= 0.6 is 15.9 Å². The van der Waals surface area contributed by atoms with Gasteiger partial charge in [0.25, 0.3) is 0 Å². The summed E-state index contributed by atoms with van der Waals surface area (Å²) in [6.45, 7) is 1.11. The summed E-state index contributed by atoms with van der Waals surface area (Å²) in [6, 6.07) is 15.8. The van der Waals surface area contributed by atoms with Gasteiger partial charge in [-0.05, 0) is 34.9 Å². The van der Waals surface area contributed by atoms with Crippen molar-refractivity contribution in [3.8, 4) is 0 Å². The third-order valence-corrected chi connectivity index (χ3v) is 3.57. The van der Waals surface area contributed by atoms with Gasteiger partial charge in [-0.15, -0.1) is 0 Å². The molecular formula is C18H18BrNO2. The first kappa shape index (κ1) is 16.5. The number of carbonyl (C=O) groups excluding carboxylic acids is 1. The van der Waals surface area contributed by atoms with Gasteiger partial charge >= 0.3 is 0 Å². The predicted octanol–water partition coefficient (Wildman–Crippen LogP) is 3.93. The fourth-order valence-electron chi connectivity index (χ4n) is 1.95. The molecule has 0 radical (unpaired) electrons. The second-order valence-electron chi connectivity index (χ2n) is 4.86. The van der Waals surface area contributed by atoms with Gasteiger partial charge in [0.15, 0.2) is 0 Å². The molecule has 0 saturated carbocycles. The van der Waals surface area contributed by atoms with E-state index >= 15 is 0 Å². The van der Waals surface area contributed by atoms with Gasteiger partial charge < -0.3 is 10.1 Å². The number of halogens is 1. The number of hydrogen-bond donors (Lipinski definition) is 1. The second kappa shape index (κ2) is 8.51. The molecule has 0 spiro atoms. The maximum absolute atomic E-state index is 11.8. The number of ether oxygens (including phenoxy) is 1. The zero-order valence-corrected chi connectivity index (χ0v) is 14.0. The van der Waals surface area contributed by atoms with Crippen molar-refractivity contribution in [2.75, 3.05) is 7.11 Å². The quantitative estimate of drug-likeness (QED) is 0.793. The van der Waals surface area contributed by atoms with Crippen LogP contribution in [0.15, 0.2) is 59.1 Å². The summed E-state index contributed by atoms with van der Waals surface area (Å²) in [5.74, 6) is -0.110. The van der Waals surface area contributed by atoms with Crippen molar-refractivity contribution in [2.24, 2.45) is 0 Å². The van der Waals surface area contributed by atoms with E-state index in [9.17, 15) is 4.79 Å². The van der Waals surface area contributed by atoms with E-state index in [0.717, 1.165) is 21.2 Å². The van der Waals surface area contributed by atoms with Gasteiger partial charge in [0.2, 0.25) is 5.91 Å². The summed E-state index contributed by atoms with van der Waals surface area (Å²) in [5, 5.41) is 2.87. The van der Waals surface area contributed by atoms with Gasteiger partial charge in [-0.1, -0.05) is 52.3 Å². The zero-order chi connectivity index (χ0) is 15.8. The fourth-order valence-corrected chi connectivity index (χ4v) is 2.37. The van der Waals surface area contributed by atoms with Crippen LogP contribution in [0.1, 0.15) is 16.7 Å². The van der Waals surface area contributed by atoms with Crippen LogP contribution < -0.4 is 5.32 Å². The van der Waals surface area contributed by atoms with Crippen molar-refractivity contribution in [2.45, 2.75) is 13.2 Å². The molecule has 0 atom stereocenters. The molecule has 1 N–H and O–H groups in total. The van der Waals surface area contributed by atoms with Gasteiger partial charge in [0, 0.05) is 24.2 Å². The van der Waals surface area contributed by atoms with E-state index < -0.39 is 0 Å². The molecule has 0 fully saturated rings. The molecular weight excluding hydrogens is 342 g/mol. The molecule has 0 heterocycles. The van der Waals surface area contributed by atoms with Crippen LogP contribution in [0.3, 0.4) is 0 Å². The van der Waals surface area contributed by atoms with E-state index in [1.54, 1.807) is 19.3 Å². The molecule has 2 aromatic carbocycles. The van der Waals surface area contributed by atoms with E-state index in [2.05, 4.69) is 21.2 Å². The Morgan fingerprint density at radius 1 is 1.18 bits per heavy atom. The standard InChI is InChI=1S/C18H18BrNO2/c1-22-13-16-7-5-15(6-8-16)12-20-18(21)10-9-14-3-2-4-17(19)11-14/h2-11H,12-13H2,1H3,(H,20,21)/b10-9+. The lowest BCUT2D eigenvalue weighted by Gasteiger charge is -2.04. The monoisotopic (exact) mass is 359 g/mol. The number of amides is 1. The molecule has 114 valence electrons. The number of carbonyl (C=O) groups is 1. The Bertz CT molecular complexity index is 650. The highest BCUT2D eigenvalue weighted by molar-refractivity contribution is 9.10. The Balaban J connectivity index is 1.84. The van der Waals surface area contributed by atoms with E-state index in [-0.39, 0.29) is 5.91 Å². The molecule has 3 nitrogen and oxygen atoms in total. The molecule has 0 unspecified atom stereocenters. The molecule has 1 amide bonds. The molecule has 0 saturated heterocycles. The van der Waals surface area contributed by atoms with Crippen LogP contribution in [-0.4, -0.2) is 13.0 Å². The van der Waals surface area contributed by atoms with Crippen molar-refractivity contribution in [1.82, 2.24) is 5.32 Å². The Kier molecular flexibility index (Phi) is 6.37. The van der Waals surface area contributed by atoms with Crippen LogP contribution in [0.2, 0.25) is 0 Å². The molecule has 22 heavy (non-hydrogen) atoms. The maximum Gasteiger partial charge on any atom is 0.244 e. The zero-order valence-electron chi connectivity index (χ0n) is 12.4. The van der Waals surface area contributed by atoms with Crippen LogP contribution in [-0.2, 0) is 22.7 Å². The van der Waals surface area contributed by atoms with Gasteiger partial charge in [-0.3, -0.25) is 4.79 Å². The van der Waals surface area contributed by atoms with E-state index in [4.69, 9.17) is 4.74 Å². The minimum absolute atomic E-state index is 0.110. The van der Waals surface area contributed by atoms with Crippen LogP contribution in [0.5, 0.6) is 0 Å². The average molecular weight is 360 g/mol. The molecule has 0 aliphatic heterocycles. The minimum Gasteiger partial charge on any atom is -0.380 e. The highest BCUT2D eigenvalue weighted by atomic mass is 79.9. The predicted molar refractivity (Wildman–Crippen MR) is 92.2 cm³/mol. The van der Waals surface area contributed by atoms with E-state index in [0.29, 0.717) is 13.2 Å². The van der Waals surface area contributed by atoms with E-state index in [1.165, 1.54) is 0 Å². The van der Waals surface area contributed by atoms with Crippen molar-refractivity contribution in [3.63, 3.8) is 0 Å². The maximum atomic E-state index is 11.8. The Morgan fingerprint density at radius 2 is 1.91 bits per heavy atom. The molecule has 2 rings (SSSR count). The Morgan fingerprint density at radius 3 is 2.59 bits per heavy atom. The number of hydrogen-bond acceptors (Lipinski definition) is 2. The van der Waals surface area contributed by atoms with Crippen molar-refractivity contribution in [1.29, 1.82) is 0 Å². The fraction of sp³-hybridized carbons (Fsp3) is 0.167. The van der Waals surface area contributed by atoms with Crippen LogP contribution in [0.25, 0.3) is 6.08 Å². The van der Waals surface area contributed by atoms with Crippen LogP contribution in [0, 0.1) is 0 Å². The largest absolute Gasteiger partial charge is 0.380 e. The van der Waals surface area contributed by atoms with Gasteiger partial charge in [0.1, 0.15) is 0 Å². The van der Waals surface area contributed by atoms with Crippen LogP contribution in [0.4, 0.5) is 0 Å². The van der Waals surface area contributed by atoms with Gasteiger partial charge in [-0.2, -0.15) is 0 Å². The number of methoxy groups -OCH3 is 1. The first-order valence-electron chi connectivity index (χ1n) is 6.95. The van der Waals surface area contributed by atoms with Gasteiger partial charge in [0.05, 0.1) is 6.61 Å². The first-order valence-corrected chi connectivity index (χ1v) is 7.75. The molecule has 0 aliphatic rings. The lowest BCUT2D eigenvalue weighted by atomic mass is 10.1. The number of rotatable bonds is 6. The van der Waals surface area contributed by atoms with Gasteiger partial charge in [-0.25, -0.2) is 0 Å². The molecule has 0 aliphatic carbocycles. The number of nitrogens with one attached hydrogen (secondary N) is 1. The minimum atomic E-state index is -0.110. The lowest BCUT2D eigenvalue weighted by molar-refractivity contribution is -0.116. The summed E-state index contributed by atoms with van der Waals surface area (Å²) in [5.41, 5.74) is 3.16. The third kappa shape index (κ3) is 5.47. The normalized spacial score (nSPS) is 10.8. The summed E-state index contributed by atoms with van der Waals surface area (Å²) >= 11 is 3.40. The first-order chi connectivity index (χ1) is 10.7. The van der Waals surface area contributed by atoms with E-state index in [1.807, 2.05) is 48.5 Å².